The van der Waals surface area contributed by atoms with Gasteiger partial charge < -0.3 is 15.2 Å². The van der Waals surface area contributed by atoms with Gasteiger partial charge in [0.2, 0.25) is 0 Å². The number of nitrogens with two attached hydrogens (primary N) is 1. The molecule has 7 nitrogen and oxygen atoms in total. The van der Waals surface area contributed by atoms with Crippen LogP contribution < -0.4 is 5.73 Å². The zero-order valence-electron chi connectivity index (χ0n) is 14.6. The summed E-state index contributed by atoms with van der Waals surface area (Å²) in [5.41, 5.74) is 6.50. The third-order valence-corrected chi connectivity index (χ3v) is 4.70. The molecule has 1 unspecified atom stereocenters. The number of ether oxygens (including phenoxy) is 2. The molecule has 1 heterocycles. The smallest absolute Gasteiger partial charge is 0.413 e. The summed E-state index contributed by atoms with van der Waals surface area (Å²) in [5, 5.41) is 0. The predicted molar refractivity (Wildman–Crippen MR) is 101 cm³/mol. The lowest BCUT2D eigenvalue weighted by Gasteiger charge is -2.21. The summed E-state index contributed by atoms with van der Waals surface area (Å²) < 4.78 is 23.8. The molecule has 1 saturated heterocycles. The van der Waals surface area contributed by atoms with Crippen molar-refractivity contribution in [3.8, 4) is 0 Å². The van der Waals surface area contributed by atoms with Gasteiger partial charge in [-0.15, -0.1) is 0 Å². The van der Waals surface area contributed by atoms with Crippen molar-refractivity contribution in [1.29, 1.82) is 0 Å². The Morgan fingerprint density at radius 1 is 1.29 bits per heavy atom. The number of halogens is 2. The van der Waals surface area contributed by atoms with E-state index in [1.807, 2.05) is 6.07 Å². The van der Waals surface area contributed by atoms with Gasteiger partial charge in [0.25, 0.3) is 0 Å². The van der Waals surface area contributed by atoms with Gasteiger partial charge in [-0.3, -0.25) is 14.5 Å². The minimum absolute atomic E-state index is 0.0154. The number of rotatable bonds is 5. The van der Waals surface area contributed by atoms with E-state index in [-0.39, 0.29) is 35.3 Å². The molecule has 146 valence electrons. The van der Waals surface area contributed by atoms with E-state index in [2.05, 4.69) is 15.9 Å². The summed E-state index contributed by atoms with van der Waals surface area (Å²) in [6, 6.07) is 11.1. The SMILES string of the molecule is Nc1cc(F)cc(Br)c1C(=O)CC1OC(=O)CN1C(=O)OCc1ccccc1. The fourth-order valence-electron chi connectivity index (χ4n) is 2.78. The molecule has 1 fully saturated rings. The van der Waals surface area contributed by atoms with Crippen molar-refractivity contribution in [3.63, 3.8) is 0 Å². The Balaban J connectivity index is 1.69. The summed E-state index contributed by atoms with van der Waals surface area (Å²) in [5.74, 6) is -1.76. The van der Waals surface area contributed by atoms with Crippen LogP contribution in [0.4, 0.5) is 14.9 Å². The van der Waals surface area contributed by atoms with E-state index in [9.17, 15) is 18.8 Å². The van der Waals surface area contributed by atoms with Crippen LogP contribution in [0.2, 0.25) is 0 Å². The number of nitrogen functional groups attached to an aromatic ring is 1. The van der Waals surface area contributed by atoms with Crippen molar-refractivity contribution in [2.45, 2.75) is 19.3 Å². The summed E-state index contributed by atoms with van der Waals surface area (Å²) >= 11 is 3.10. The van der Waals surface area contributed by atoms with Gasteiger partial charge in [-0.05, 0) is 33.6 Å². The molecule has 0 spiro atoms. The third-order valence-electron chi connectivity index (χ3n) is 4.08. The minimum Gasteiger partial charge on any atom is -0.444 e. The highest BCUT2D eigenvalue weighted by Gasteiger charge is 2.38. The Morgan fingerprint density at radius 3 is 2.68 bits per heavy atom. The van der Waals surface area contributed by atoms with Crippen LogP contribution in [0, 0.1) is 5.82 Å². The summed E-state index contributed by atoms with van der Waals surface area (Å²) in [4.78, 5) is 37.7. The van der Waals surface area contributed by atoms with E-state index < -0.39 is 29.9 Å². The first-order valence-corrected chi connectivity index (χ1v) is 9.09. The van der Waals surface area contributed by atoms with Gasteiger partial charge in [0.15, 0.2) is 12.0 Å². The van der Waals surface area contributed by atoms with Gasteiger partial charge in [0, 0.05) is 10.2 Å². The van der Waals surface area contributed by atoms with Gasteiger partial charge in [0.1, 0.15) is 19.0 Å². The number of esters is 1. The molecule has 2 N–H and O–H groups in total. The number of carbonyl (C=O) groups is 3. The molecule has 1 atom stereocenters. The van der Waals surface area contributed by atoms with Crippen molar-refractivity contribution in [2.75, 3.05) is 12.3 Å². The van der Waals surface area contributed by atoms with E-state index in [1.165, 1.54) is 0 Å². The van der Waals surface area contributed by atoms with Gasteiger partial charge in [-0.25, -0.2) is 9.18 Å². The molecule has 0 radical (unpaired) electrons. The number of nitrogens with zero attached hydrogens (tertiary/aromatic N) is 1. The minimum atomic E-state index is -1.13. The fraction of sp³-hybridized carbons (Fsp3) is 0.211. The van der Waals surface area contributed by atoms with Crippen LogP contribution in [-0.4, -0.2) is 35.5 Å². The first kappa shape index (κ1) is 19.8. The van der Waals surface area contributed by atoms with Gasteiger partial charge in [-0.1, -0.05) is 30.3 Å². The van der Waals surface area contributed by atoms with E-state index in [0.717, 1.165) is 22.6 Å². The standard InChI is InChI=1S/C19H16BrFN2O5/c20-13-6-12(21)7-14(22)18(13)15(24)8-16-23(9-17(25)28-16)19(26)27-10-11-4-2-1-3-5-11/h1-7,16H,8-10,22H2. The maximum absolute atomic E-state index is 13.4. The zero-order valence-corrected chi connectivity index (χ0v) is 16.1. The monoisotopic (exact) mass is 450 g/mol. The Morgan fingerprint density at radius 2 is 2.00 bits per heavy atom. The molecule has 1 aliphatic rings. The number of Topliss-reactive ketones (excluding diaryl/α,β-unsaturated/α-hetero) is 1. The lowest BCUT2D eigenvalue weighted by molar-refractivity contribution is -0.140. The van der Waals surface area contributed by atoms with Crippen LogP contribution in [0.1, 0.15) is 22.3 Å². The second-order valence-electron chi connectivity index (χ2n) is 6.09. The van der Waals surface area contributed by atoms with E-state index in [1.54, 1.807) is 24.3 Å². The van der Waals surface area contributed by atoms with E-state index in [0.29, 0.717) is 0 Å². The quantitative estimate of drug-likeness (QED) is 0.426. The van der Waals surface area contributed by atoms with Crippen LogP contribution in [0.3, 0.4) is 0 Å². The number of ketones is 1. The Bertz CT molecular complexity index is 899. The molecule has 2 aromatic rings. The Labute approximate surface area is 168 Å². The lowest BCUT2D eigenvalue weighted by Crippen LogP contribution is -2.38. The molecule has 1 amide bonds. The highest BCUT2D eigenvalue weighted by molar-refractivity contribution is 9.10. The van der Waals surface area contributed by atoms with Crippen LogP contribution in [-0.2, 0) is 20.9 Å². The molecular weight excluding hydrogens is 435 g/mol. The normalized spacial score (nSPS) is 16.0. The lowest BCUT2D eigenvalue weighted by atomic mass is 10.1. The first-order valence-electron chi connectivity index (χ1n) is 8.29. The van der Waals surface area contributed by atoms with Crippen LogP contribution in [0.25, 0.3) is 0 Å². The maximum atomic E-state index is 13.4. The second-order valence-corrected chi connectivity index (χ2v) is 6.95. The molecule has 0 aliphatic carbocycles. The topological polar surface area (TPSA) is 98.9 Å². The molecule has 9 heteroatoms. The number of cyclic esters (lactones) is 1. The van der Waals surface area contributed by atoms with E-state index in [4.69, 9.17) is 15.2 Å². The van der Waals surface area contributed by atoms with Crippen molar-refractivity contribution < 1.29 is 28.2 Å². The molecule has 0 bridgehead atoms. The summed E-state index contributed by atoms with van der Waals surface area (Å²) in [7, 11) is 0. The summed E-state index contributed by atoms with van der Waals surface area (Å²) in [6.07, 6.45) is -2.24. The van der Waals surface area contributed by atoms with Crippen molar-refractivity contribution >= 4 is 39.5 Å². The van der Waals surface area contributed by atoms with Gasteiger partial charge in [0.05, 0.1) is 12.0 Å². The van der Waals surface area contributed by atoms with Gasteiger partial charge >= 0.3 is 12.1 Å². The fourth-order valence-corrected chi connectivity index (χ4v) is 3.45. The van der Waals surface area contributed by atoms with Crippen molar-refractivity contribution in [1.82, 2.24) is 4.90 Å². The number of amides is 1. The average Bonchev–Trinajstić information content (AvgIpc) is 3.00. The van der Waals surface area contributed by atoms with Crippen LogP contribution >= 0.6 is 15.9 Å². The number of benzene rings is 2. The summed E-state index contributed by atoms with van der Waals surface area (Å²) in [6.45, 7) is -0.312. The highest BCUT2D eigenvalue weighted by Crippen LogP contribution is 2.28. The Kier molecular flexibility index (Phi) is 5.93. The zero-order chi connectivity index (χ0) is 20.3. The Hall–Kier alpha value is -2.94. The van der Waals surface area contributed by atoms with Gasteiger partial charge in [-0.2, -0.15) is 0 Å². The molecule has 1 aliphatic heterocycles. The average molecular weight is 451 g/mol. The number of carbonyl (C=O) groups excluding carboxylic acids is 3. The van der Waals surface area contributed by atoms with E-state index >= 15 is 0 Å². The molecule has 2 aromatic carbocycles. The maximum Gasteiger partial charge on any atom is 0.413 e. The highest BCUT2D eigenvalue weighted by atomic mass is 79.9. The molecule has 3 rings (SSSR count). The van der Waals surface area contributed by atoms with Crippen LogP contribution in [0.15, 0.2) is 46.9 Å². The number of hydrogen-bond donors (Lipinski definition) is 1. The molecule has 0 aromatic heterocycles. The first-order chi connectivity index (χ1) is 13.3. The second kappa shape index (κ2) is 8.39. The predicted octanol–water partition coefficient (Wildman–Crippen LogP) is 3.26. The number of hydrogen-bond acceptors (Lipinski definition) is 6. The molecular formula is C19H16BrFN2O5. The third kappa shape index (κ3) is 4.48. The van der Waals surface area contributed by atoms with Crippen LogP contribution in [0.5, 0.6) is 0 Å². The molecule has 28 heavy (non-hydrogen) atoms. The number of anilines is 1. The molecule has 0 saturated carbocycles. The van der Waals surface area contributed by atoms with Crippen molar-refractivity contribution in [2.24, 2.45) is 0 Å². The largest absolute Gasteiger partial charge is 0.444 e. The van der Waals surface area contributed by atoms with Crippen molar-refractivity contribution in [3.05, 3.63) is 63.9 Å².